The zero-order valence-electron chi connectivity index (χ0n) is 9.93. The molecule has 98 valence electrons. The summed E-state index contributed by atoms with van der Waals surface area (Å²) in [7, 11) is 0. The molecule has 0 spiro atoms. The Hall–Kier alpha value is -1.01. The number of nitrogens with one attached hydrogen (secondary N) is 2. The van der Waals surface area contributed by atoms with Crippen LogP contribution in [0.1, 0.15) is 26.2 Å². The number of unbranched alkanes of at least 4 members (excludes halogenated alkanes) is 1. The van der Waals surface area contributed by atoms with E-state index in [1.165, 1.54) is 6.07 Å². The molecule has 0 unspecified atom stereocenters. The minimum atomic E-state index is -0.436. The van der Waals surface area contributed by atoms with E-state index in [4.69, 9.17) is 12.2 Å². The van der Waals surface area contributed by atoms with E-state index in [1.807, 2.05) is 6.92 Å². The van der Waals surface area contributed by atoms with Crippen LogP contribution >= 0.6 is 28.1 Å². The summed E-state index contributed by atoms with van der Waals surface area (Å²) in [6, 6.07) is 4.56. The number of anilines is 1. The van der Waals surface area contributed by atoms with E-state index < -0.39 is 5.82 Å². The third kappa shape index (κ3) is 5.10. The van der Waals surface area contributed by atoms with E-state index in [1.54, 1.807) is 12.1 Å². The molecule has 0 saturated carbocycles. The van der Waals surface area contributed by atoms with Gasteiger partial charge in [-0.1, -0.05) is 29.3 Å². The van der Waals surface area contributed by atoms with E-state index in [-0.39, 0.29) is 16.7 Å². The first-order chi connectivity index (χ1) is 8.52. The van der Waals surface area contributed by atoms with Gasteiger partial charge in [-0.3, -0.25) is 4.79 Å². The van der Waals surface area contributed by atoms with Crippen LogP contribution < -0.4 is 10.6 Å². The van der Waals surface area contributed by atoms with Crippen molar-refractivity contribution in [2.24, 2.45) is 0 Å². The number of thiocarbonyl (C=S) groups is 1. The third-order valence-corrected chi connectivity index (χ3v) is 2.89. The van der Waals surface area contributed by atoms with E-state index in [9.17, 15) is 9.18 Å². The molecule has 1 aromatic rings. The van der Waals surface area contributed by atoms with E-state index in [0.717, 1.165) is 12.8 Å². The summed E-state index contributed by atoms with van der Waals surface area (Å²) < 4.78 is 14.1. The van der Waals surface area contributed by atoms with Gasteiger partial charge in [-0.25, -0.2) is 4.39 Å². The summed E-state index contributed by atoms with van der Waals surface area (Å²) in [5.41, 5.74) is 0.235. The van der Waals surface area contributed by atoms with Crippen LogP contribution in [-0.4, -0.2) is 11.0 Å². The van der Waals surface area contributed by atoms with Crippen molar-refractivity contribution >= 4 is 44.9 Å². The van der Waals surface area contributed by atoms with E-state index >= 15 is 0 Å². The molecule has 0 fully saturated rings. The second kappa shape index (κ2) is 7.43. The largest absolute Gasteiger partial charge is 0.330 e. The average Bonchev–Trinajstić information content (AvgIpc) is 2.30. The van der Waals surface area contributed by atoms with Crippen LogP contribution in [-0.2, 0) is 4.79 Å². The summed E-state index contributed by atoms with van der Waals surface area (Å²) in [5, 5.41) is 5.27. The van der Waals surface area contributed by atoms with Crippen LogP contribution in [0.4, 0.5) is 10.1 Å². The number of benzene rings is 1. The molecule has 0 aliphatic heterocycles. The highest BCUT2D eigenvalue weighted by Gasteiger charge is 2.07. The average molecular weight is 333 g/mol. The molecule has 18 heavy (non-hydrogen) atoms. The minimum Gasteiger partial charge on any atom is -0.330 e. The first kappa shape index (κ1) is 15.0. The highest BCUT2D eigenvalue weighted by molar-refractivity contribution is 9.10. The molecular weight excluding hydrogens is 319 g/mol. The molecule has 0 aromatic heterocycles. The predicted molar refractivity (Wildman–Crippen MR) is 78.0 cm³/mol. The molecule has 0 aliphatic carbocycles. The zero-order valence-corrected chi connectivity index (χ0v) is 12.3. The maximum Gasteiger partial charge on any atom is 0.226 e. The van der Waals surface area contributed by atoms with E-state index in [2.05, 4.69) is 26.6 Å². The normalized spacial score (nSPS) is 9.94. The summed E-state index contributed by atoms with van der Waals surface area (Å²) in [5.74, 6) is -0.596. The van der Waals surface area contributed by atoms with Gasteiger partial charge in [0.25, 0.3) is 0 Å². The second-order valence-corrected chi connectivity index (χ2v) is 5.05. The third-order valence-electron chi connectivity index (χ3n) is 2.19. The smallest absolute Gasteiger partial charge is 0.226 e. The Labute approximate surface area is 119 Å². The van der Waals surface area contributed by atoms with Crippen molar-refractivity contribution in [3.05, 3.63) is 28.5 Å². The van der Waals surface area contributed by atoms with Gasteiger partial charge in [0, 0.05) is 10.9 Å². The Morgan fingerprint density at radius 3 is 2.83 bits per heavy atom. The van der Waals surface area contributed by atoms with Crippen LogP contribution in [0.5, 0.6) is 0 Å². The molecular formula is C12H14BrFN2OS. The molecule has 0 bridgehead atoms. The van der Waals surface area contributed by atoms with Gasteiger partial charge >= 0.3 is 0 Å². The topological polar surface area (TPSA) is 41.1 Å². The fourth-order valence-corrected chi connectivity index (χ4v) is 1.83. The fraction of sp³-hybridized carbons (Fsp3) is 0.333. The molecule has 0 radical (unpaired) electrons. The van der Waals surface area contributed by atoms with Crippen molar-refractivity contribution in [3.8, 4) is 0 Å². The lowest BCUT2D eigenvalue weighted by Crippen LogP contribution is -2.34. The summed E-state index contributed by atoms with van der Waals surface area (Å²) in [6.45, 7) is 2.00. The Kier molecular flexibility index (Phi) is 6.21. The lowest BCUT2D eigenvalue weighted by atomic mass is 10.2. The summed E-state index contributed by atoms with van der Waals surface area (Å²) in [4.78, 5) is 11.4. The molecule has 1 amide bonds. The lowest BCUT2D eigenvalue weighted by Gasteiger charge is -2.10. The first-order valence-corrected chi connectivity index (χ1v) is 6.79. The highest BCUT2D eigenvalue weighted by atomic mass is 79.9. The molecule has 0 heterocycles. The zero-order chi connectivity index (χ0) is 13.5. The van der Waals surface area contributed by atoms with E-state index in [0.29, 0.717) is 10.9 Å². The Bertz CT molecular complexity index is 454. The van der Waals surface area contributed by atoms with Gasteiger partial charge in [-0.2, -0.15) is 0 Å². The van der Waals surface area contributed by atoms with Crippen molar-refractivity contribution in [2.45, 2.75) is 26.2 Å². The number of carbonyl (C=O) groups is 1. The minimum absolute atomic E-state index is 0.109. The summed E-state index contributed by atoms with van der Waals surface area (Å²) in [6.07, 6.45) is 2.16. The van der Waals surface area contributed by atoms with Gasteiger partial charge in [-0.05, 0) is 36.8 Å². The van der Waals surface area contributed by atoms with Gasteiger partial charge in [-0.15, -0.1) is 0 Å². The molecule has 2 N–H and O–H groups in total. The number of rotatable bonds is 4. The van der Waals surface area contributed by atoms with Gasteiger partial charge < -0.3 is 10.6 Å². The number of carbonyl (C=O) groups excluding carboxylic acids is 1. The fourth-order valence-electron chi connectivity index (χ4n) is 1.27. The van der Waals surface area contributed by atoms with Crippen LogP contribution in [0.2, 0.25) is 0 Å². The summed E-state index contributed by atoms with van der Waals surface area (Å²) >= 11 is 8.09. The highest BCUT2D eigenvalue weighted by Crippen LogP contribution is 2.19. The van der Waals surface area contributed by atoms with Crippen molar-refractivity contribution in [3.63, 3.8) is 0 Å². The predicted octanol–water partition coefficient (Wildman–Crippen LogP) is 3.59. The Morgan fingerprint density at radius 2 is 2.22 bits per heavy atom. The molecule has 1 rings (SSSR count). The molecule has 1 aromatic carbocycles. The first-order valence-electron chi connectivity index (χ1n) is 5.58. The van der Waals surface area contributed by atoms with Gasteiger partial charge in [0.2, 0.25) is 5.91 Å². The quantitative estimate of drug-likeness (QED) is 0.828. The molecule has 0 atom stereocenters. The SMILES string of the molecule is CCCCC(=O)NC(=S)Nc1ccc(Br)cc1F. The van der Waals surface area contributed by atoms with Crippen LogP contribution in [0.15, 0.2) is 22.7 Å². The number of amides is 1. The number of hydrogen-bond acceptors (Lipinski definition) is 2. The van der Waals surface area contributed by atoms with Crippen molar-refractivity contribution in [1.82, 2.24) is 5.32 Å². The monoisotopic (exact) mass is 332 g/mol. The molecule has 0 saturated heterocycles. The van der Waals surface area contributed by atoms with Crippen LogP contribution in [0.3, 0.4) is 0 Å². The molecule has 3 nitrogen and oxygen atoms in total. The number of halogens is 2. The van der Waals surface area contributed by atoms with Crippen molar-refractivity contribution in [1.29, 1.82) is 0 Å². The Morgan fingerprint density at radius 1 is 1.50 bits per heavy atom. The van der Waals surface area contributed by atoms with Crippen molar-refractivity contribution in [2.75, 3.05) is 5.32 Å². The van der Waals surface area contributed by atoms with Gasteiger partial charge in [0.1, 0.15) is 5.82 Å². The maximum atomic E-state index is 13.5. The molecule has 6 heteroatoms. The Balaban J connectivity index is 2.51. The van der Waals surface area contributed by atoms with Crippen LogP contribution in [0.25, 0.3) is 0 Å². The van der Waals surface area contributed by atoms with Gasteiger partial charge in [0.15, 0.2) is 5.11 Å². The number of hydrogen-bond donors (Lipinski definition) is 2. The lowest BCUT2D eigenvalue weighted by molar-refractivity contribution is -0.119. The second-order valence-electron chi connectivity index (χ2n) is 3.73. The molecule has 0 aliphatic rings. The van der Waals surface area contributed by atoms with Crippen molar-refractivity contribution < 1.29 is 9.18 Å². The van der Waals surface area contributed by atoms with Gasteiger partial charge in [0.05, 0.1) is 5.69 Å². The van der Waals surface area contributed by atoms with Crippen LogP contribution in [0, 0.1) is 5.82 Å². The maximum absolute atomic E-state index is 13.5. The standard InChI is InChI=1S/C12H14BrFN2OS/c1-2-3-4-11(17)16-12(18)15-10-6-5-8(13)7-9(10)14/h5-7H,2-4H2,1H3,(H2,15,16,17,18).